The van der Waals surface area contributed by atoms with Gasteiger partial charge in [-0.15, -0.1) is 0 Å². The summed E-state index contributed by atoms with van der Waals surface area (Å²) >= 11 is 3.28. The van der Waals surface area contributed by atoms with Crippen LogP contribution >= 0.6 is 15.9 Å². The molecule has 4 nitrogen and oxygen atoms in total. The number of esters is 1. The Morgan fingerprint density at radius 3 is 2.71 bits per heavy atom. The summed E-state index contributed by atoms with van der Waals surface area (Å²) in [5.74, 6) is -0.390. The standard InChI is InChI=1S/C12H12BrNO3/c1-17-12(16)9-6-8(13)4-5-10(9)14-11(15)7-2-3-7/h4-7H,2-3H2,1H3,(H,14,15). The van der Waals surface area contributed by atoms with Gasteiger partial charge in [0.15, 0.2) is 0 Å². The van der Waals surface area contributed by atoms with Gasteiger partial charge in [-0.1, -0.05) is 15.9 Å². The van der Waals surface area contributed by atoms with E-state index < -0.39 is 5.97 Å². The second-order valence-corrected chi connectivity index (χ2v) is 4.86. The highest BCUT2D eigenvalue weighted by Gasteiger charge is 2.30. The molecule has 90 valence electrons. The topological polar surface area (TPSA) is 55.4 Å². The number of benzene rings is 1. The molecule has 0 atom stereocenters. The van der Waals surface area contributed by atoms with Gasteiger partial charge in [0.05, 0.1) is 18.4 Å². The van der Waals surface area contributed by atoms with Gasteiger partial charge in [-0.05, 0) is 31.0 Å². The lowest BCUT2D eigenvalue weighted by atomic mass is 10.1. The summed E-state index contributed by atoms with van der Waals surface area (Å²) in [5.41, 5.74) is 0.854. The number of halogens is 1. The highest BCUT2D eigenvalue weighted by Crippen LogP contribution is 2.31. The maximum Gasteiger partial charge on any atom is 0.340 e. The third-order valence-electron chi connectivity index (χ3n) is 2.59. The first kappa shape index (κ1) is 12.1. The van der Waals surface area contributed by atoms with Gasteiger partial charge in [0.1, 0.15) is 0 Å². The first-order chi connectivity index (χ1) is 8.11. The summed E-state index contributed by atoms with van der Waals surface area (Å²) in [5, 5.41) is 2.75. The Kier molecular flexibility index (Phi) is 3.47. The molecule has 2 rings (SSSR count). The number of anilines is 1. The minimum absolute atomic E-state index is 0.0301. The third-order valence-corrected chi connectivity index (χ3v) is 3.09. The maximum atomic E-state index is 11.6. The second kappa shape index (κ2) is 4.87. The van der Waals surface area contributed by atoms with E-state index in [1.54, 1.807) is 18.2 Å². The fourth-order valence-electron chi connectivity index (χ4n) is 1.48. The van der Waals surface area contributed by atoms with E-state index in [4.69, 9.17) is 0 Å². The van der Waals surface area contributed by atoms with Crippen molar-refractivity contribution < 1.29 is 14.3 Å². The molecular formula is C12H12BrNO3. The molecule has 0 radical (unpaired) electrons. The summed E-state index contributed by atoms with van der Waals surface area (Å²) < 4.78 is 5.44. The van der Waals surface area contributed by atoms with Crippen LogP contribution < -0.4 is 5.32 Å². The van der Waals surface area contributed by atoms with Crippen molar-refractivity contribution in [1.29, 1.82) is 0 Å². The molecule has 1 aromatic carbocycles. The average molecular weight is 298 g/mol. The molecule has 1 aliphatic carbocycles. The van der Waals surface area contributed by atoms with Crippen molar-refractivity contribution in [2.75, 3.05) is 12.4 Å². The molecule has 1 aromatic rings. The van der Waals surface area contributed by atoms with Crippen LogP contribution in [0.2, 0.25) is 0 Å². The molecule has 0 aliphatic heterocycles. The van der Waals surface area contributed by atoms with Crippen molar-refractivity contribution in [3.05, 3.63) is 28.2 Å². The van der Waals surface area contributed by atoms with Crippen molar-refractivity contribution in [2.24, 2.45) is 5.92 Å². The van der Waals surface area contributed by atoms with E-state index in [0.717, 1.165) is 17.3 Å². The normalized spacial score (nSPS) is 14.2. The molecule has 0 heterocycles. The van der Waals surface area contributed by atoms with E-state index >= 15 is 0 Å². The Balaban J connectivity index is 2.25. The van der Waals surface area contributed by atoms with Crippen LogP contribution in [-0.4, -0.2) is 19.0 Å². The van der Waals surface area contributed by atoms with Crippen LogP contribution in [0, 0.1) is 5.92 Å². The molecule has 1 aliphatic rings. The minimum Gasteiger partial charge on any atom is -0.465 e. The first-order valence-electron chi connectivity index (χ1n) is 5.30. The van der Waals surface area contributed by atoms with Gasteiger partial charge in [0.25, 0.3) is 0 Å². The molecule has 1 fully saturated rings. The van der Waals surface area contributed by atoms with Crippen LogP contribution in [0.25, 0.3) is 0 Å². The average Bonchev–Trinajstić information content (AvgIpc) is 3.14. The molecule has 0 spiro atoms. The SMILES string of the molecule is COC(=O)c1cc(Br)ccc1NC(=O)C1CC1. The summed E-state index contributed by atoms with van der Waals surface area (Å²) in [4.78, 5) is 23.2. The zero-order valence-corrected chi connectivity index (χ0v) is 10.9. The second-order valence-electron chi connectivity index (χ2n) is 3.95. The molecule has 1 amide bonds. The van der Waals surface area contributed by atoms with E-state index in [0.29, 0.717) is 11.3 Å². The Hall–Kier alpha value is -1.36. The van der Waals surface area contributed by atoms with Gasteiger partial charge >= 0.3 is 5.97 Å². The molecule has 5 heteroatoms. The molecule has 0 bridgehead atoms. The van der Waals surface area contributed by atoms with E-state index in [1.165, 1.54) is 7.11 Å². The molecule has 1 saturated carbocycles. The van der Waals surface area contributed by atoms with Crippen molar-refractivity contribution in [1.82, 2.24) is 0 Å². The smallest absolute Gasteiger partial charge is 0.340 e. The molecular weight excluding hydrogens is 286 g/mol. The van der Waals surface area contributed by atoms with Crippen LogP contribution in [0.15, 0.2) is 22.7 Å². The Labute approximate surface area is 107 Å². The van der Waals surface area contributed by atoms with Crippen molar-refractivity contribution in [3.63, 3.8) is 0 Å². The number of carbonyl (C=O) groups excluding carboxylic acids is 2. The maximum absolute atomic E-state index is 11.6. The number of methoxy groups -OCH3 is 1. The minimum atomic E-state index is -0.461. The Bertz CT molecular complexity index is 469. The highest BCUT2D eigenvalue weighted by molar-refractivity contribution is 9.10. The number of nitrogens with one attached hydrogen (secondary N) is 1. The number of hydrogen-bond donors (Lipinski definition) is 1. The molecule has 17 heavy (non-hydrogen) atoms. The van der Waals surface area contributed by atoms with E-state index in [1.807, 2.05) is 0 Å². The fraction of sp³-hybridized carbons (Fsp3) is 0.333. The molecule has 0 unspecified atom stereocenters. The fourth-order valence-corrected chi connectivity index (χ4v) is 1.85. The van der Waals surface area contributed by atoms with Crippen LogP contribution in [-0.2, 0) is 9.53 Å². The summed E-state index contributed by atoms with van der Waals surface area (Å²) in [6, 6.07) is 5.10. The van der Waals surface area contributed by atoms with Gasteiger partial charge in [0.2, 0.25) is 5.91 Å². The lowest BCUT2D eigenvalue weighted by molar-refractivity contribution is -0.117. The van der Waals surface area contributed by atoms with Crippen LogP contribution in [0.3, 0.4) is 0 Å². The van der Waals surface area contributed by atoms with Gasteiger partial charge < -0.3 is 10.1 Å². The van der Waals surface area contributed by atoms with Gasteiger partial charge in [0, 0.05) is 10.4 Å². The van der Waals surface area contributed by atoms with Gasteiger partial charge in [-0.25, -0.2) is 4.79 Å². The summed E-state index contributed by atoms with van der Waals surface area (Å²) in [6.45, 7) is 0. The van der Waals surface area contributed by atoms with Crippen LogP contribution in [0.5, 0.6) is 0 Å². The number of carbonyl (C=O) groups is 2. The largest absolute Gasteiger partial charge is 0.465 e. The van der Waals surface area contributed by atoms with Crippen molar-refractivity contribution >= 4 is 33.5 Å². The number of rotatable bonds is 3. The molecule has 0 aromatic heterocycles. The monoisotopic (exact) mass is 297 g/mol. The Morgan fingerprint density at radius 2 is 2.12 bits per heavy atom. The number of amides is 1. The van der Waals surface area contributed by atoms with E-state index in [2.05, 4.69) is 26.0 Å². The predicted octanol–water partition coefficient (Wildman–Crippen LogP) is 2.58. The molecule has 1 N–H and O–H groups in total. The molecule has 0 saturated heterocycles. The lowest BCUT2D eigenvalue weighted by Gasteiger charge is -2.09. The van der Waals surface area contributed by atoms with E-state index in [-0.39, 0.29) is 11.8 Å². The first-order valence-corrected chi connectivity index (χ1v) is 6.10. The zero-order chi connectivity index (χ0) is 12.4. The van der Waals surface area contributed by atoms with Gasteiger partial charge in [-0.2, -0.15) is 0 Å². The van der Waals surface area contributed by atoms with Crippen LogP contribution in [0.1, 0.15) is 23.2 Å². The lowest BCUT2D eigenvalue weighted by Crippen LogP contribution is -2.16. The van der Waals surface area contributed by atoms with E-state index in [9.17, 15) is 9.59 Å². The summed E-state index contributed by atoms with van der Waals surface area (Å²) in [6.07, 6.45) is 1.85. The highest BCUT2D eigenvalue weighted by atomic mass is 79.9. The third kappa shape index (κ3) is 2.85. The van der Waals surface area contributed by atoms with Crippen molar-refractivity contribution in [3.8, 4) is 0 Å². The van der Waals surface area contributed by atoms with Gasteiger partial charge in [-0.3, -0.25) is 4.79 Å². The number of ether oxygens (including phenoxy) is 1. The van der Waals surface area contributed by atoms with Crippen molar-refractivity contribution in [2.45, 2.75) is 12.8 Å². The predicted molar refractivity (Wildman–Crippen MR) is 66.8 cm³/mol. The van der Waals surface area contributed by atoms with Crippen LogP contribution in [0.4, 0.5) is 5.69 Å². The summed E-state index contributed by atoms with van der Waals surface area (Å²) in [7, 11) is 1.32. The quantitative estimate of drug-likeness (QED) is 0.873. The Morgan fingerprint density at radius 1 is 1.41 bits per heavy atom. The number of hydrogen-bond acceptors (Lipinski definition) is 3. The zero-order valence-electron chi connectivity index (χ0n) is 9.33.